The normalized spacial score (nSPS) is 10.2. The molecule has 2 aromatic heterocycles. The first-order chi connectivity index (χ1) is 10.2. The Hall–Kier alpha value is -2.18. The summed E-state index contributed by atoms with van der Waals surface area (Å²) < 4.78 is 0. The van der Waals surface area contributed by atoms with Crippen LogP contribution in [0, 0.1) is 0 Å². The lowest BCUT2D eigenvalue weighted by Crippen LogP contribution is -2.31. The van der Waals surface area contributed by atoms with E-state index in [0.29, 0.717) is 23.9 Å². The highest BCUT2D eigenvalue weighted by Crippen LogP contribution is 2.19. The number of carbonyl (C=O) groups excluding carboxylic acids is 1. The number of pyridine rings is 2. The number of aromatic nitrogens is 2. The molecule has 0 radical (unpaired) electrons. The molecule has 0 fully saturated rings. The van der Waals surface area contributed by atoms with Crippen LogP contribution in [0.2, 0.25) is 5.02 Å². The summed E-state index contributed by atoms with van der Waals surface area (Å²) in [5.41, 5.74) is 3.38. The summed E-state index contributed by atoms with van der Waals surface area (Å²) in [4.78, 5) is 22.5. The van der Waals surface area contributed by atoms with Crippen molar-refractivity contribution in [3.05, 3.63) is 52.9 Å². The summed E-state index contributed by atoms with van der Waals surface area (Å²) in [5, 5.41) is 0.290. The van der Waals surface area contributed by atoms with Crippen molar-refractivity contribution in [2.24, 2.45) is 5.84 Å². The van der Waals surface area contributed by atoms with Crippen LogP contribution >= 0.6 is 11.6 Å². The number of rotatable bonds is 5. The highest BCUT2D eigenvalue weighted by Gasteiger charge is 2.20. The molecule has 0 saturated carbocycles. The van der Waals surface area contributed by atoms with E-state index in [-0.39, 0.29) is 11.6 Å². The minimum absolute atomic E-state index is 0.171. The summed E-state index contributed by atoms with van der Waals surface area (Å²) in [6, 6.07) is 8.77. The van der Waals surface area contributed by atoms with Crippen molar-refractivity contribution >= 4 is 23.3 Å². The van der Waals surface area contributed by atoms with Crippen molar-refractivity contribution in [1.82, 2.24) is 14.9 Å². The molecule has 0 aliphatic heterocycles. The summed E-state index contributed by atoms with van der Waals surface area (Å²) >= 11 is 6.06. The SMILES string of the molecule is CCN(Cc1ccccn1)C(=O)c1nc(NN)ccc1Cl. The van der Waals surface area contributed by atoms with Gasteiger partial charge in [-0.1, -0.05) is 17.7 Å². The van der Waals surface area contributed by atoms with Crippen molar-refractivity contribution in [1.29, 1.82) is 0 Å². The molecule has 0 saturated heterocycles. The first-order valence-electron chi connectivity index (χ1n) is 6.48. The minimum Gasteiger partial charge on any atom is -0.332 e. The number of amides is 1. The van der Waals surface area contributed by atoms with Crippen LogP contribution in [0.1, 0.15) is 23.1 Å². The first kappa shape index (κ1) is 15.2. The highest BCUT2D eigenvalue weighted by atomic mass is 35.5. The van der Waals surface area contributed by atoms with Gasteiger partial charge in [0.05, 0.1) is 17.3 Å². The van der Waals surface area contributed by atoms with Crippen molar-refractivity contribution < 1.29 is 4.79 Å². The molecule has 6 nitrogen and oxygen atoms in total. The largest absolute Gasteiger partial charge is 0.332 e. The predicted molar refractivity (Wildman–Crippen MR) is 81.7 cm³/mol. The van der Waals surface area contributed by atoms with Gasteiger partial charge >= 0.3 is 0 Å². The molecule has 0 aliphatic carbocycles. The fourth-order valence-electron chi connectivity index (χ4n) is 1.84. The fraction of sp³-hybridized carbons (Fsp3) is 0.214. The van der Waals surface area contributed by atoms with E-state index in [4.69, 9.17) is 17.4 Å². The number of nitrogens with one attached hydrogen (secondary N) is 1. The van der Waals surface area contributed by atoms with Crippen LogP contribution in [0.25, 0.3) is 0 Å². The molecule has 7 heteroatoms. The Morgan fingerprint density at radius 2 is 2.19 bits per heavy atom. The van der Waals surface area contributed by atoms with Crippen LogP contribution in [0.15, 0.2) is 36.5 Å². The number of carbonyl (C=O) groups is 1. The topological polar surface area (TPSA) is 84.1 Å². The fourth-order valence-corrected chi connectivity index (χ4v) is 2.02. The van der Waals surface area contributed by atoms with Gasteiger partial charge in [-0.3, -0.25) is 9.78 Å². The quantitative estimate of drug-likeness (QED) is 0.652. The molecule has 2 aromatic rings. The van der Waals surface area contributed by atoms with Crippen LogP contribution in [0.3, 0.4) is 0 Å². The van der Waals surface area contributed by atoms with Crippen LogP contribution < -0.4 is 11.3 Å². The van der Waals surface area contributed by atoms with E-state index in [2.05, 4.69) is 15.4 Å². The average molecular weight is 306 g/mol. The van der Waals surface area contributed by atoms with E-state index in [1.54, 1.807) is 23.2 Å². The molecule has 21 heavy (non-hydrogen) atoms. The van der Waals surface area contributed by atoms with Gasteiger partial charge in [-0.15, -0.1) is 0 Å². The van der Waals surface area contributed by atoms with Gasteiger partial charge in [0, 0.05) is 12.7 Å². The Balaban J connectivity index is 2.24. The van der Waals surface area contributed by atoms with Crippen molar-refractivity contribution in [2.75, 3.05) is 12.0 Å². The zero-order valence-corrected chi connectivity index (χ0v) is 12.3. The molecular formula is C14H16ClN5O. The number of hydrazine groups is 1. The van der Waals surface area contributed by atoms with Gasteiger partial charge in [-0.05, 0) is 31.2 Å². The van der Waals surface area contributed by atoms with Crippen molar-refractivity contribution in [3.63, 3.8) is 0 Å². The zero-order valence-electron chi connectivity index (χ0n) is 11.6. The number of nitrogens with zero attached hydrogens (tertiary/aromatic N) is 3. The Morgan fingerprint density at radius 1 is 1.38 bits per heavy atom. The Bertz CT molecular complexity index is 620. The molecule has 110 valence electrons. The number of anilines is 1. The molecule has 0 unspecified atom stereocenters. The van der Waals surface area contributed by atoms with Gasteiger partial charge in [0.1, 0.15) is 11.5 Å². The monoisotopic (exact) mass is 305 g/mol. The number of hydrogen-bond donors (Lipinski definition) is 2. The van der Waals surface area contributed by atoms with Crippen LogP contribution in [0.5, 0.6) is 0 Å². The third kappa shape index (κ3) is 3.68. The molecule has 3 N–H and O–H groups in total. The Labute approximate surface area is 127 Å². The van der Waals surface area contributed by atoms with Crippen LogP contribution in [-0.2, 0) is 6.54 Å². The standard InChI is InChI=1S/C14H16ClN5O/c1-2-20(9-10-5-3-4-8-17-10)14(21)13-11(15)6-7-12(18-13)19-16/h3-8H,2,9,16H2,1H3,(H,18,19). The molecule has 1 amide bonds. The molecule has 0 aliphatic rings. The van der Waals surface area contributed by atoms with Gasteiger partial charge in [0.25, 0.3) is 5.91 Å². The number of nitrogen functional groups attached to an aromatic ring is 1. The first-order valence-corrected chi connectivity index (χ1v) is 6.85. The van der Waals surface area contributed by atoms with E-state index in [1.165, 1.54) is 0 Å². The summed E-state index contributed by atoms with van der Waals surface area (Å²) in [7, 11) is 0. The van der Waals surface area contributed by atoms with E-state index in [9.17, 15) is 4.79 Å². The zero-order chi connectivity index (χ0) is 15.2. The lowest BCUT2D eigenvalue weighted by Gasteiger charge is -2.20. The van der Waals surface area contributed by atoms with Crippen molar-refractivity contribution in [3.8, 4) is 0 Å². The summed E-state index contributed by atoms with van der Waals surface area (Å²) in [5.74, 6) is 5.44. The molecule has 2 rings (SSSR count). The third-order valence-corrected chi connectivity index (χ3v) is 3.25. The smallest absolute Gasteiger partial charge is 0.274 e. The molecule has 0 aromatic carbocycles. The number of hydrogen-bond acceptors (Lipinski definition) is 5. The molecule has 0 spiro atoms. The van der Waals surface area contributed by atoms with E-state index in [0.717, 1.165) is 5.69 Å². The van der Waals surface area contributed by atoms with E-state index >= 15 is 0 Å². The summed E-state index contributed by atoms with van der Waals surface area (Å²) in [6.45, 7) is 2.81. The average Bonchev–Trinajstić information content (AvgIpc) is 2.53. The van der Waals surface area contributed by atoms with Crippen molar-refractivity contribution in [2.45, 2.75) is 13.5 Å². The van der Waals surface area contributed by atoms with Crippen LogP contribution in [0.4, 0.5) is 5.82 Å². The second kappa shape index (κ2) is 7.01. The maximum absolute atomic E-state index is 12.6. The van der Waals surface area contributed by atoms with Gasteiger partial charge in [0.2, 0.25) is 0 Å². The highest BCUT2D eigenvalue weighted by molar-refractivity contribution is 6.33. The van der Waals surface area contributed by atoms with E-state index in [1.807, 2.05) is 25.1 Å². The van der Waals surface area contributed by atoms with E-state index < -0.39 is 0 Å². The number of nitrogens with two attached hydrogens (primary N) is 1. The van der Waals surface area contributed by atoms with Gasteiger partial charge in [-0.25, -0.2) is 10.8 Å². The summed E-state index contributed by atoms with van der Waals surface area (Å²) in [6.07, 6.45) is 1.69. The Kier molecular flexibility index (Phi) is 5.08. The predicted octanol–water partition coefficient (Wildman–Crippen LogP) is 2.08. The van der Waals surface area contributed by atoms with Gasteiger partial charge in [-0.2, -0.15) is 0 Å². The lowest BCUT2D eigenvalue weighted by atomic mass is 10.2. The lowest BCUT2D eigenvalue weighted by molar-refractivity contribution is 0.0745. The molecule has 2 heterocycles. The maximum Gasteiger partial charge on any atom is 0.274 e. The second-order valence-corrected chi connectivity index (χ2v) is 4.72. The second-order valence-electron chi connectivity index (χ2n) is 4.31. The third-order valence-electron chi connectivity index (χ3n) is 2.94. The minimum atomic E-state index is -0.259. The Morgan fingerprint density at radius 3 is 2.81 bits per heavy atom. The van der Waals surface area contributed by atoms with Gasteiger partial charge in [0.15, 0.2) is 0 Å². The number of halogens is 1. The molecule has 0 bridgehead atoms. The molecule has 0 atom stereocenters. The van der Waals surface area contributed by atoms with Crippen LogP contribution in [-0.4, -0.2) is 27.3 Å². The maximum atomic E-state index is 12.6. The van der Waals surface area contributed by atoms with Gasteiger partial charge < -0.3 is 10.3 Å². The molecular weight excluding hydrogens is 290 g/mol.